The van der Waals surface area contributed by atoms with Crippen molar-refractivity contribution in [3.8, 4) is 0 Å². The summed E-state index contributed by atoms with van der Waals surface area (Å²) in [7, 11) is -4.32. The van der Waals surface area contributed by atoms with E-state index in [0.717, 1.165) is 0 Å². The number of alkyl halides is 3. The van der Waals surface area contributed by atoms with Crippen LogP contribution in [-0.2, 0) is 19.6 Å². The quantitative estimate of drug-likeness (QED) is 0.344. The molecule has 1 aliphatic rings. The van der Waals surface area contributed by atoms with Gasteiger partial charge in [-0.05, 0) is 48.2 Å². The Labute approximate surface area is 241 Å². The van der Waals surface area contributed by atoms with Gasteiger partial charge in [-0.25, -0.2) is 8.42 Å². The molecular weight excluding hydrogens is 592 g/mol. The largest absolute Gasteiger partial charge is 0.481 e. The van der Waals surface area contributed by atoms with Crippen molar-refractivity contribution in [2.24, 2.45) is 5.41 Å². The third-order valence-electron chi connectivity index (χ3n) is 7.24. The number of rotatable bonds is 10. The van der Waals surface area contributed by atoms with Crippen LogP contribution in [0.3, 0.4) is 0 Å². The Morgan fingerprint density at radius 3 is 2.27 bits per heavy atom. The zero-order valence-electron chi connectivity index (χ0n) is 22.2. The Kier molecular flexibility index (Phi) is 9.86. The number of carbonyl (C=O) groups is 2. The second-order valence-corrected chi connectivity index (χ2v) is 13.3. The van der Waals surface area contributed by atoms with E-state index in [4.69, 9.17) is 23.2 Å². The molecule has 0 saturated carbocycles. The fraction of sp³-hybridized carbons (Fsp3) is 0.481. The SMILES string of the molecule is CCC(CN(CC(F)(F)F)S(C)(=O)=O)N1C(=O)C(C)(CC(=O)O)CC(c2cccc(Cl)c2)C1c1ccc(Cl)cc1. The van der Waals surface area contributed by atoms with Crippen molar-refractivity contribution in [2.45, 2.75) is 57.3 Å². The number of amides is 1. The molecule has 1 amide bonds. The van der Waals surface area contributed by atoms with Gasteiger partial charge < -0.3 is 10.0 Å². The topological polar surface area (TPSA) is 95.0 Å². The van der Waals surface area contributed by atoms with Gasteiger partial charge in [0, 0.05) is 28.5 Å². The Balaban J connectivity index is 2.25. The standard InChI is InChI=1S/C27H31Cl2F3N2O5S/c1-4-21(15-33(40(3,38)39)16-27(30,31)32)34-24(17-8-10-19(28)11-9-17)22(18-6-5-7-20(29)12-18)13-26(2,25(34)37)14-23(35)36/h5-12,21-22,24H,4,13-16H2,1-3H3,(H,35,36). The Bertz CT molecular complexity index is 1340. The smallest absolute Gasteiger partial charge is 0.402 e. The van der Waals surface area contributed by atoms with Gasteiger partial charge in [0.05, 0.1) is 24.1 Å². The molecule has 1 aliphatic heterocycles. The Hall–Kier alpha value is -2.34. The van der Waals surface area contributed by atoms with Crippen LogP contribution in [0.2, 0.25) is 10.0 Å². The summed E-state index contributed by atoms with van der Waals surface area (Å²) >= 11 is 12.4. The maximum atomic E-state index is 14.2. The maximum Gasteiger partial charge on any atom is 0.402 e. The lowest BCUT2D eigenvalue weighted by atomic mass is 9.67. The van der Waals surface area contributed by atoms with Gasteiger partial charge in [0.25, 0.3) is 0 Å². The highest BCUT2D eigenvalue weighted by atomic mass is 35.5. The van der Waals surface area contributed by atoms with Crippen LogP contribution < -0.4 is 0 Å². The fourth-order valence-electron chi connectivity index (χ4n) is 5.45. The number of benzene rings is 2. The third-order valence-corrected chi connectivity index (χ3v) is 8.94. The van der Waals surface area contributed by atoms with Gasteiger partial charge in [-0.1, -0.05) is 61.3 Å². The second kappa shape index (κ2) is 12.3. The first-order valence-corrected chi connectivity index (χ1v) is 15.1. The average Bonchev–Trinajstić information content (AvgIpc) is 2.82. The van der Waals surface area contributed by atoms with Crippen molar-refractivity contribution in [1.82, 2.24) is 9.21 Å². The predicted octanol–water partition coefficient (Wildman–Crippen LogP) is 6.13. The van der Waals surface area contributed by atoms with Crippen LogP contribution >= 0.6 is 23.2 Å². The molecule has 4 atom stereocenters. The maximum absolute atomic E-state index is 14.2. The third kappa shape index (κ3) is 7.69. The zero-order valence-corrected chi connectivity index (χ0v) is 24.5. The molecule has 4 unspecified atom stereocenters. The molecule has 0 aromatic heterocycles. The minimum absolute atomic E-state index is 0.102. The van der Waals surface area contributed by atoms with E-state index in [0.29, 0.717) is 31.7 Å². The van der Waals surface area contributed by atoms with Crippen molar-refractivity contribution >= 4 is 45.1 Å². The molecule has 0 bridgehead atoms. The van der Waals surface area contributed by atoms with Gasteiger partial charge >= 0.3 is 12.1 Å². The number of sulfonamides is 1. The van der Waals surface area contributed by atoms with E-state index in [2.05, 4.69) is 0 Å². The van der Waals surface area contributed by atoms with E-state index in [9.17, 15) is 36.3 Å². The number of piperidine rings is 1. The minimum Gasteiger partial charge on any atom is -0.481 e. The summed E-state index contributed by atoms with van der Waals surface area (Å²) in [5.41, 5.74) is -0.123. The first kappa shape index (κ1) is 32.2. The van der Waals surface area contributed by atoms with Crippen LogP contribution in [0.5, 0.6) is 0 Å². The summed E-state index contributed by atoms with van der Waals surface area (Å²) in [4.78, 5) is 27.5. The molecule has 7 nitrogen and oxygen atoms in total. The molecule has 0 aliphatic carbocycles. The normalized spacial score (nSPS) is 22.9. The number of carboxylic acids is 1. The molecule has 0 spiro atoms. The summed E-state index contributed by atoms with van der Waals surface area (Å²) < 4.78 is 65.4. The number of aliphatic carboxylic acids is 1. The molecule has 13 heteroatoms. The first-order valence-electron chi connectivity index (χ1n) is 12.5. The lowest BCUT2D eigenvalue weighted by Crippen LogP contribution is -2.59. The number of carbonyl (C=O) groups excluding carboxylic acids is 1. The van der Waals surface area contributed by atoms with Crippen LogP contribution in [0.25, 0.3) is 0 Å². The number of likely N-dealkylation sites (tertiary alicyclic amines) is 1. The molecule has 1 fully saturated rings. The highest BCUT2D eigenvalue weighted by Crippen LogP contribution is 2.52. The van der Waals surface area contributed by atoms with Gasteiger partial charge in [-0.15, -0.1) is 0 Å². The fourth-order valence-corrected chi connectivity index (χ4v) is 6.60. The highest BCUT2D eigenvalue weighted by Gasteiger charge is 2.53. The molecule has 220 valence electrons. The van der Waals surface area contributed by atoms with E-state index in [1.165, 1.54) is 11.8 Å². The lowest BCUT2D eigenvalue weighted by molar-refractivity contribution is -0.162. The molecule has 2 aromatic carbocycles. The van der Waals surface area contributed by atoms with E-state index >= 15 is 0 Å². The lowest BCUT2D eigenvalue weighted by Gasteiger charge is -2.52. The van der Waals surface area contributed by atoms with Gasteiger partial charge in [-0.3, -0.25) is 9.59 Å². The van der Waals surface area contributed by atoms with Crippen molar-refractivity contribution in [3.05, 3.63) is 69.7 Å². The molecule has 40 heavy (non-hydrogen) atoms. The van der Waals surface area contributed by atoms with E-state index in [1.54, 1.807) is 55.5 Å². The number of hydrogen-bond acceptors (Lipinski definition) is 4. The van der Waals surface area contributed by atoms with Crippen molar-refractivity contribution in [2.75, 3.05) is 19.3 Å². The van der Waals surface area contributed by atoms with Crippen LogP contribution in [0.1, 0.15) is 56.2 Å². The highest BCUT2D eigenvalue weighted by molar-refractivity contribution is 7.88. The van der Waals surface area contributed by atoms with Crippen molar-refractivity contribution in [3.63, 3.8) is 0 Å². The number of hydrogen-bond donors (Lipinski definition) is 1. The Morgan fingerprint density at radius 2 is 1.77 bits per heavy atom. The summed E-state index contributed by atoms with van der Waals surface area (Å²) in [6.45, 7) is 0.807. The van der Waals surface area contributed by atoms with Crippen LogP contribution in [0.4, 0.5) is 13.2 Å². The average molecular weight is 624 g/mol. The number of nitrogens with zero attached hydrogens (tertiary/aromatic N) is 2. The monoisotopic (exact) mass is 622 g/mol. The summed E-state index contributed by atoms with van der Waals surface area (Å²) in [6, 6.07) is 11.7. The molecule has 1 N–H and O–H groups in total. The van der Waals surface area contributed by atoms with Crippen LogP contribution in [0.15, 0.2) is 48.5 Å². The number of carboxylic acid groups (broad SMARTS) is 1. The van der Waals surface area contributed by atoms with Crippen molar-refractivity contribution in [1.29, 1.82) is 0 Å². The molecular formula is C27H31Cl2F3N2O5S. The number of halogens is 5. The summed E-state index contributed by atoms with van der Waals surface area (Å²) in [6.07, 6.45) is -4.45. The van der Waals surface area contributed by atoms with Gasteiger partial charge in [0.1, 0.15) is 6.54 Å². The van der Waals surface area contributed by atoms with Crippen LogP contribution in [-0.4, -0.2) is 66.2 Å². The van der Waals surface area contributed by atoms with E-state index in [1.807, 2.05) is 0 Å². The zero-order chi connectivity index (χ0) is 30.0. The van der Waals surface area contributed by atoms with Crippen LogP contribution in [0, 0.1) is 5.41 Å². The molecule has 2 aromatic rings. The van der Waals surface area contributed by atoms with Crippen molar-refractivity contribution < 1.29 is 36.3 Å². The first-order chi connectivity index (χ1) is 18.4. The predicted molar refractivity (Wildman–Crippen MR) is 147 cm³/mol. The molecule has 0 radical (unpaired) electrons. The summed E-state index contributed by atoms with van der Waals surface area (Å²) in [5, 5.41) is 10.5. The molecule has 1 heterocycles. The van der Waals surface area contributed by atoms with E-state index < -0.39 is 71.0 Å². The van der Waals surface area contributed by atoms with Gasteiger partial charge in [-0.2, -0.15) is 17.5 Å². The molecule has 3 rings (SSSR count). The minimum atomic E-state index is -4.82. The van der Waals surface area contributed by atoms with Gasteiger partial charge in [0.15, 0.2) is 0 Å². The summed E-state index contributed by atoms with van der Waals surface area (Å²) in [5.74, 6) is -2.32. The molecule has 1 saturated heterocycles. The Morgan fingerprint density at radius 1 is 1.15 bits per heavy atom. The van der Waals surface area contributed by atoms with Gasteiger partial charge in [0.2, 0.25) is 15.9 Å². The second-order valence-electron chi connectivity index (χ2n) is 10.4. The van der Waals surface area contributed by atoms with E-state index in [-0.39, 0.29) is 12.8 Å².